The molecule has 2 rings (SSSR count). The van der Waals surface area contributed by atoms with Crippen LogP contribution in [0.5, 0.6) is 11.5 Å². The second-order valence-corrected chi connectivity index (χ2v) is 4.59. The number of halogens is 2. The van der Waals surface area contributed by atoms with Crippen molar-refractivity contribution >= 4 is 17.6 Å². The number of hydrogen-bond donors (Lipinski definition) is 1. The third-order valence-electron chi connectivity index (χ3n) is 2.83. The molecule has 0 aliphatic heterocycles. The van der Waals surface area contributed by atoms with E-state index in [0.29, 0.717) is 11.5 Å². The number of ether oxygens (including phenoxy) is 2. The standard InChI is InChI=1S/C15H12ClFO4/c1-20-10-2-4-11(5-3-10)21-8-13-12(15(18)19)6-9(17)7-14(13)16/h2-7H,8H2,1H3,(H,18,19). The number of aromatic carboxylic acids is 1. The summed E-state index contributed by atoms with van der Waals surface area (Å²) in [7, 11) is 1.55. The third kappa shape index (κ3) is 3.64. The zero-order chi connectivity index (χ0) is 15.4. The van der Waals surface area contributed by atoms with Crippen LogP contribution in [0.4, 0.5) is 4.39 Å². The summed E-state index contributed by atoms with van der Waals surface area (Å²) in [6.45, 7) is -0.0763. The summed E-state index contributed by atoms with van der Waals surface area (Å²) in [5.74, 6) is -0.767. The molecular formula is C15H12ClFO4. The van der Waals surface area contributed by atoms with Gasteiger partial charge < -0.3 is 14.6 Å². The first-order valence-corrected chi connectivity index (χ1v) is 6.37. The Labute approximate surface area is 125 Å². The summed E-state index contributed by atoms with van der Waals surface area (Å²) >= 11 is 5.89. The number of carboxylic acid groups (broad SMARTS) is 1. The fourth-order valence-electron chi connectivity index (χ4n) is 1.77. The predicted molar refractivity (Wildman–Crippen MR) is 75.7 cm³/mol. The normalized spacial score (nSPS) is 10.2. The molecule has 0 unspecified atom stereocenters. The van der Waals surface area contributed by atoms with E-state index >= 15 is 0 Å². The van der Waals surface area contributed by atoms with Crippen molar-refractivity contribution < 1.29 is 23.8 Å². The Kier molecular flexibility index (Phi) is 4.65. The van der Waals surface area contributed by atoms with Crippen molar-refractivity contribution in [2.75, 3.05) is 7.11 Å². The van der Waals surface area contributed by atoms with Gasteiger partial charge in [-0.05, 0) is 36.4 Å². The van der Waals surface area contributed by atoms with E-state index in [-0.39, 0.29) is 22.8 Å². The van der Waals surface area contributed by atoms with Gasteiger partial charge in [0, 0.05) is 5.56 Å². The van der Waals surface area contributed by atoms with E-state index in [2.05, 4.69) is 0 Å². The maximum atomic E-state index is 13.2. The van der Waals surface area contributed by atoms with Crippen molar-refractivity contribution in [3.63, 3.8) is 0 Å². The van der Waals surface area contributed by atoms with Gasteiger partial charge in [0.15, 0.2) is 0 Å². The van der Waals surface area contributed by atoms with Crippen molar-refractivity contribution in [2.45, 2.75) is 6.61 Å². The highest BCUT2D eigenvalue weighted by Crippen LogP contribution is 2.25. The predicted octanol–water partition coefficient (Wildman–Crippen LogP) is 3.76. The van der Waals surface area contributed by atoms with Gasteiger partial charge in [-0.25, -0.2) is 9.18 Å². The molecule has 0 saturated heterocycles. The van der Waals surface area contributed by atoms with E-state index in [4.69, 9.17) is 26.2 Å². The Balaban J connectivity index is 2.20. The van der Waals surface area contributed by atoms with Crippen molar-refractivity contribution in [1.82, 2.24) is 0 Å². The van der Waals surface area contributed by atoms with Crippen LogP contribution in [-0.4, -0.2) is 18.2 Å². The largest absolute Gasteiger partial charge is 0.497 e. The first-order valence-electron chi connectivity index (χ1n) is 5.99. The summed E-state index contributed by atoms with van der Waals surface area (Å²) < 4.78 is 23.7. The van der Waals surface area contributed by atoms with Gasteiger partial charge in [0.05, 0.1) is 17.7 Å². The maximum Gasteiger partial charge on any atom is 0.336 e. The maximum absolute atomic E-state index is 13.2. The van der Waals surface area contributed by atoms with E-state index < -0.39 is 11.8 Å². The molecule has 0 heterocycles. The minimum Gasteiger partial charge on any atom is -0.497 e. The number of methoxy groups -OCH3 is 1. The molecule has 0 bridgehead atoms. The minimum atomic E-state index is -1.26. The molecule has 4 nitrogen and oxygen atoms in total. The smallest absolute Gasteiger partial charge is 0.336 e. The van der Waals surface area contributed by atoms with Gasteiger partial charge >= 0.3 is 5.97 Å². The number of benzene rings is 2. The first kappa shape index (κ1) is 15.1. The van der Waals surface area contributed by atoms with Crippen LogP contribution in [0.1, 0.15) is 15.9 Å². The second kappa shape index (κ2) is 6.45. The highest BCUT2D eigenvalue weighted by atomic mass is 35.5. The summed E-state index contributed by atoms with van der Waals surface area (Å²) in [5.41, 5.74) is 0.00916. The first-order chi connectivity index (χ1) is 10.0. The van der Waals surface area contributed by atoms with Gasteiger partial charge in [-0.1, -0.05) is 11.6 Å². The molecule has 0 aliphatic carbocycles. The van der Waals surface area contributed by atoms with Gasteiger partial charge in [-0.15, -0.1) is 0 Å². The van der Waals surface area contributed by atoms with Crippen LogP contribution in [0.25, 0.3) is 0 Å². The average Bonchev–Trinajstić information content (AvgIpc) is 2.46. The molecule has 0 fully saturated rings. The van der Waals surface area contributed by atoms with Crippen LogP contribution in [0.2, 0.25) is 5.02 Å². The number of hydrogen-bond acceptors (Lipinski definition) is 3. The Morgan fingerprint density at radius 1 is 1.24 bits per heavy atom. The Hall–Kier alpha value is -2.27. The van der Waals surface area contributed by atoms with E-state index in [1.54, 1.807) is 31.4 Å². The van der Waals surface area contributed by atoms with Crippen LogP contribution >= 0.6 is 11.6 Å². The monoisotopic (exact) mass is 310 g/mol. The zero-order valence-electron chi connectivity index (χ0n) is 11.1. The van der Waals surface area contributed by atoms with E-state index in [0.717, 1.165) is 12.1 Å². The lowest BCUT2D eigenvalue weighted by Crippen LogP contribution is -2.07. The lowest BCUT2D eigenvalue weighted by molar-refractivity contribution is 0.0693. The SMILES string of the molecule is COc1ccc(OCc2c(Cl)cc(F)cc2C(=O)O)cc1. The second-order valence-electron chi connectivity index (χ2n) is 4.18. The lowest BCUT2D eigenvalue weighted by atomic mass is 10.1. The molecule has 1 N–H and O–H groups in total. The molecule has 0 aromatic heterocycles. The summed E-state index contributed by atoms with van der Waals surface area (Å²) in [5, 5.41) is 9.10. The van der Waals surface area contributed by atoms with Crippen LogP contribution in [0.3, 0.4) is 0 Å². The Morgan fingerprint density at radius 3 is 2.43 bits per heavy atom. The zero-order valence-corrected chi connectivity index (χ0v) is 11.9. The summed E-state index contributed by atoms with van der Waals surface area (Å²) in [6, 6.07) is 8.74. The van der Waals surface area contributed by atoms with Crippen LogP contribution in [0, 0.1) is 5.82 Å². The molecule has 21 heavy (non-hydrogen) atoms. The minimum absolute atomic E-state index is 0.0147. The van der Waals surface area contributed by atoms with Crippen molar-refractivity contribution in [3.8, 4) is 11.5 Å². The summed E-state index contributed by atoms with van der Waals surface area (Å²) in [6.07, 6.45) is 0. The Morgan fingerprint density at radius 2 is 1.86 bits per heavy atom. The average molecular weight is 311 g/mol. The van der Waals surface area contributed by atoms with Gasteiger partial charge in [-0.2, -0.15) is 0 Å². The molecule has 2 aromatic carbocycles. The molecule has 0 atom stereocenters. The molecule has 0 aliphatic rings. The molecule has 2 aromatic rings. The van der Waals surface area contributed by atoms with Crippen molar-refractivity contribution in [1.29, 1.82) is 0 Å². The molecule has 6 heteroatoms. The fraction of sp³-hybridized carbons (Fsp3) is 0.133. The Bertz CT molecular complexity index is 655. The van der Waals surface area contributed by atoms with Crippen LogP contribution in [0.15, 0.2) is 36.4 Å². The van der Waals surface area contributed by atoms with Gasteiger partial charge in [0.2, 0.25) is 0 Å². The molecular weight excluding hydrogens is 299 g/mol. The van der Waals surface area contributed by atoms with Crippen molar-refractivity contribution in [2.24, 2.45) is 0 Å². The summed E-state index contributed by atoms with van der Waals surface area (Å²) in [4.78, 5) is 11.1. The molecule has 0 radical (unpaired) electrons. The number of carboxylic acids is 1. The molecule has 110 valence electrons. The van der Waals surface area contributed by atoms with Crippen LogP contribution < -0.4 is 9.47 Å². The van der Waals surface area contributed by atoms with E-state index in [9.17, 15) is 9.18 Å². The van der Waals surface area contributed by atoms with E-state index in [1.807, 2.05) is 0 Å². The highest BCUT2D eigenvalue weighted by Gasteiger charge is 2.16. The van der Waals surface area contributed by atoms with Gasteiger partial charge in [0.1, 0.15) is 23.9 Å². The molecule has 0 saturated carbocycles. The molecule has 0 spiro atoms. The quantitative estimate of drug-likeness (QED) is 0.913. The van der Waals surface area contributed by atoms with Gasteiger partial charge in [0.25, 0.3) is 0 Å². The van der Waals surface area contributed by atoms with Crippen LogP contribution in [-0.2, 0) is 6.61 Å². The van der Waals surface area contributed by atoms with Crippen molar-refractivity contribution in [3.05, 3.63) is 58.4 Å². The third-order valence-corrected chi connectivity index (χ3v) is 3.17. The number of rotatable bonds is 5. The topological polar surface area (TPSA) is 55.8 Å². The highest BCUT2D eigenvalue weighted by molar-refractivity contribution is 6.31. The van der Waals surface area contributed by atoms with E-state index in [1.165, 1.54) is 0 Å². The number of carbonyl (C=O) groups is 1. The lowest BCUT2D eigenvalue weighted by Gasteiger charge is -2.11. The van der Waals surface area contributed by atoms with Gasteiger partial charge in [-0.3, -0.25) is 0 Å². The molecule has 0 amide bonds. The fourth-order valence-corrected chi connectivity index (χ4v) is 2.03.